The highest BCUT2D eigenvalue weighted by Gasteiger charge is 2.06. The van der Waals surface area contributed by atoms with Crippen molar-refractivity contribution in [3.8, 4) is 0 Å². The molecule has 12 heavy (non-hydrogen) atoms. The van der Waals surface area contributed by atoms with E-state index >= 15 is 0 Å². The van der Waals surface area contributed by atoms with Crippen molar-refractivity contribution < 1.29 is 8.63 Å². The lowest BCUT2D eigenvalue weighted by molar-refractivity contribution is 0.545. The number of rotatable bonds is 2. The van der Waals surface area contributed by atoms with Crippen LogP contribution in [0.1, 0.15) is 11.5 Å². The predicted molar refractivity (Wildman–Crippen MR) is 50.8 cm³/mol. The third kappa shape index (κ3) is 2.27. The highest BCUT2D eigenvalue weighted by Crippen LogP contribution is 2.13. The fourth-order valence-corrected chi connectivity index (χ4v) is 1.16. The van der Waals surface area contributed by atoms with Crippen LogP contribution in [0.4, 0.5) is 6.01 Å². The van der Waals surface area contributed by atoms with E-state index in [1.54, 1.807) is 6.92 Å². The van der Waals surface area contributed by atoms with Crippen LogP contribution in [0, 0.1) is 13.8 Å². The molecule has 1 aromatic heterocycles. The van der Waals surface area contributed by atoms with Crippen LogP contribution in [0.5, 0.6) is 0 Å². The molecule has 4 nitrogen and oxygen atoms in total. The van der Waals surface area contributed by atoms with Crippen molar-refractivity contribution in [2.75, 3.05) is 11.0 Å². The fourth-order valence-electron chi connectivity index (χ4n) is 0.701. The molecule has 0 aliphatic rings. The smallest absolute Gasteiger partial charge is 0.306 e. The molecule has 1 atom stereocenters. The topological polar surface area (TPSA) is 55.1 Å². The average molecular weight is 188 g/mol. The van der Waals surface area contributed by atoms with Crippen molar-refractivity contribution in [1.82, 2.24) is 4.98 Å². The van der Waals surface area contributed by atoms with Crippen molar-refractivity contribution in [2.24, 2.45) is 0 Å². The SMILES string of the molecule is C=S(C)(=O)Nc1nc(C)c(C)o1. The summed E-state index contributed by atoms with van der Waals surface area (Å²) in [5.41, 5.74) is 0.793. The van der Waals surface area contributed by atoms with Gasteiger partial charge in [-0.05, 0) is 19.7 Å². The van der Waals surface area contributed by atoms with E-state index in [0.717, 1.165) is 11.5 Å². The summed E-state index contributed by atoms with van der Waals surface area (Å²) in [6.07, 6.45) is 1.49. The van der Waals surface area contributed by atoms with Gasteiger partial charge in [-0.2, -0.15) is 4.98 Å². The lowest BCUT2D eigenvalue weighted by atomic mass is 10.4. The Morgan fingerprint density at radius 3 is 2.50 bits per heavy atom. The molecule has 1 rings (SSSR count). The zero-order valence-electron chi connectivity index (χ0n) is 7.38. The van der Waals surface area contributed by atoms with E-state index in [0.29, 0.717) is 0 Å². The van der Waals surface area contributed by atoms with Crippen molar-refractivity contribution in [1.29, 1.82) is 0 Å². The van der Waals surface area contributed by atoms with Crippen LogP contribution in [0.3, 0.4) is 0 Å². The normalized spacial score (nSPS) is 15.6. The monoisotopic (exact) mass is 188 g/mol. The molecule has 0 bridgehead atoms. The maximum Gasteiger partial charge on any atom is 0.306 e. The number of nitrogens with zero attached hydrogens (tertiary/aromatic N) is 1. The predicted octanol–water partition coefficient (Wildman–Crippen LogP) is 0.965. The van der Waals surface area contributed by atoms with Gasteiger partial charge in [-0.3, -0.25) is 4.72 Å². The molecule has 68 valence electrons. The average Bonchev–Trinajstić information content (AvgIpc) is 2.07. The highest BCUT2D eigenvalue weighted by atomic mass is 32.2. The molecule has 1 heterocycles. The molecule has 0 aliphatic heterocycles. The minimum atomic E-state index is -2.29. The van der Waals surface area contributed by atoms with Crippen molar-refractivity contribution >= 4 is 21.6 Å². The molecule has 0 spiro atoms. The number of hydrogen-bond donors (Lipinski definition) is 1. The minimum Gasteiger partial charge on any atom is -0.428 e. The van der Waals surface area contributed by atoms with Gasteiger partial charge in [0.1, 0.15) is 5.76 Å². The second-order valence-corrected chi connectivity index (χ2v) is 4.98. The van der Waals surface area contributed by atoms with Crippen LogP contribution < -0.4 is 4.72 Å². The number of hydrogen-bond acceptors (Lipinski definition) is 3. The van der Waals surface area contributed by atoms with Crippen molar-refractivity contribution in [3.63, 3.8) is 0 Å². The second kappa shape index (κ2) is 2.82. The Labute approximate surface area is 72.1 Å². The molecule has 1 N–H and O–H groups in total. The number of aromatic nitrogens is 1. The number of nitrogens with one attached hydrogen (secondary N) is 1. The van der Waals surface area contributed by atoms with E-state index in [9.17, 15) is 4.21 Å². The van der Waals surface area contributed by atoms with Gasteiger partial charge in [-0.25, -0.2) is 4.21 Å². The van der Waals surface area contributed by atoms with Crippen LogP contribution in [0.25, 0.3) is 0 Å². The number of oxazole rings is 1. The largest absolute Gasteiger partial charge is 0.428 e. The van der Waals surface area contributed by atoms with Gasteiger partial charge in [-0.15, -0.1) is 0 Å². The molecule has 0 fully saturated rings. The third-order valence-electron chi connectivity index (χ3n) is 1.33. The standard InChI is InChI=1S/C7H12N2O2S/c1-5-6(2)11-7(8-5)9-12(3,4)10/h3H2,1-2,4H3,(H,8,9,10). The summed E-state index contributed by atoms with van der Waals surface area (Å²) in [6.45, 7) is 3.62. The van der Waals surface area contributed by atoms with Gasteiger partial charge in [0.05, 0.1) is 5.69 Å². The Morgan fingerprint density at radius 1 is 1.58 bits per heavy atom. The zero-order chi connectivity index (χ0) is 9.35. The molecule has 1 unspecified atom stereocenters. The van der Waals surface area contributed by atoms with Gasteiger partial charge < -0.3 is 4.42 Å². The molecule has 0 saturated heterocycles. The van der Waals surface area contributed by atoms with Crippen molar-refractivity contribution in [2.45, 2.75) is 13.8 Å². The quantitative estimate of drug-likeness (QED) is 0.703. The molecule has 5 heteroatoms. The van der Waals surface area contributed by atoms with E-state index in [4.69, 9.17) is 4.42 Å². The molecular formula is C7H12N2O2S. The lowest BCUT2D eigenvalue weighted by Crippen LogP contribution is -2.09. The summed E-state index contributed by atoms with van der Waals surface area (Å²) in [7, 11) is -2.29. The Hall–Kier alpha value is -0.970. The molecule has 0 aromatic carbocycles. The highest BCUT2D eigenvalue weighted by molar-refractivity contribution is 8.00. The van der Waals surface area contributed by atoms with Crippen LogP contribution in [0.2, 0.25) is 0 Å². The first kappa shape index (κ1) is 9.12. The van der Waals surface area contributed by atoms with Gasteiger partial charge in [0.15, 0.2) is 0 Å². The summed E-state index contributed by atoms with van der Waals surface area (Å²) in [5, 5.41) is 0. The molecular weight excluding hydrogens is 176 g/mol. The van der Waals surface area contributed by atoms with E-state index in [-0.39, 0.29) is 6.01 Å². The summed E-state index contributed by atoms with van der Waals surface area (Å²) in [5.74, 6) is 4.14. The van der Waals surface area contributed by atoms with E-state index < -0.39 is 9.71 Å². The van der Waals surface area contributed by atoms with Crippen LogP contribution in [0.15, 0.2) is 4.42 Å². The summed E-state index contributed by atoms with van der Waals surface area (Å²) in [4.78, 5) is 4.00. The first-order chi connectivity index (χ1) is 5.38. The molecule has 0 saturated carbocycles. The molecule has 0 radical (unpaired) electrons. The van der Waals surface area contributed by atoms with Gasteiger partial charge in [0.25, 0.3) is 0 Å². The van der Waals surface area contributed by atoms with Crippen molar-refractivity contribution in [3.05, 3.63) is 11.5 Å². The summed E-state index contributed by atoms with van der Waals surface area (Å²) < 4.78 is 18.9. The lowest BCUT2D eigenvalue weighted by Gasteiger charge is -2.00. The van der Waals surface area contributed by atoms with Gasteiger partial charge in [-0.1, -0.05) is 0 Å². The Kier molecular flexibility index (Phi) is 2.14. The van der Waals surface area contributed by atoms with Crippen LogP contribution >= 0.6 is 0 Å². The van der Waals surface area contributed by atoms with Crippen LogP contribution in [-0.4, -0.2) is 21.3 Å². The molecule has 1 aromatic rings. The van der Waals surface area contributed by atoms with E-state index in [2.05, 4.69) is 15.6 Å². The Bertz CT molecular complexity index is 359. The maximum absolute atomic E-state index is 11.2. The van der Waals surface area contributed by atoms with Crippen LogP contribution in [-0.2, 0) is 9.71 Å². The van der Waals surface area contributed by atoms with Gasteiger partial charge in [0.2, 0.25) is 0 Å². The number of aryl methyl sites for hydroxylation is 2. The zero-order valence-corrected chi connectivity index (χ0v) is 8.20. The Balaban J connectivity index is 2.92. The second-order valence-electron chi connectivity index (χ2n) is 2.77. The first-order valence-electron chi connectivity index (χ1n) is 3.42. The summed E-state index contributed by atoms with van der Waals surface area (Å²) >= 11 is 0. The van der Waals surface area contributed by atoms with Gasteiger partial charge in [0, 0.05) is 16.0 Å². The molecule has 0 aliphatic carbocycles. The molecule has 0 amide bonds. The van der Waals surface area contributed by atoms with E-state index in [1.165, 1.54) is 6.26 Å². The fraction of sp³-hybridized carbons (Fsp3) is 0.429. The maximum atomic E-state index is 11.2. The third-order valence-corrected chi connectivity index (χ3v) is 1.94. The summed E-state index contributed by atoms with van der Waals surface area (Å²) in [6, 6.07) is 0.271. The minimum absolute atomic E-state index is 0.271. The van der Waals surface area contributed by atoms with E-state index in [1.807, 2.05) is 6.92 Å². The Morgan fingerprint density at radius 2 is 2.17 bits per heavy atom. The first-order valence-corrected chi connectivity index (χ1v) is 5.56. The number of anilines is 1. The van der Waals surface area contributed by atoms with Gasteiger partial charge >= 0.3 is 6.01 Å².